The van der Waals surface area contributed by atoms with E-state index in [0.29, 0.717) is 11.1 Å². The number of hydrogen-bond donors (Lipinski definition) is 0. The lowest BCUT2D eigenvalue weighted by molar-refractivity contribution is 0.0819. The van der Waals surface area contributed by atoms with E-state index in [0.717, 1.165) is 18.0 Å². The second-order valence-electron chi connectivity index (χ2n) is 5.92. The maximum atomic E-state index is 12.6. The standard InChI is InChI=1S/C16H20ClNO/c1-11(16(19)13-3-2-4-14(17)9-13)18(15-7-8-15)10-12-5-6-12/h2-4,9,11-12,15H,5-8,10H2,1H3. The molecule has 0 radical (unpaired) electrons. The molecule has 2 aliphatic rings. The van der Waals surface area contributed by atoms with Gasteiger partial charge in [-0.25, -0.2) is 0 Å². The van der Waals surface area contributed by atoms with Crippen LogP contribution in [0.25, 0.3) is 0 Å². The van der Waals surface area contributed by atoms with Gasteiger partial charge in [0.15, 0.2) is 5.78 Å². The molecule has 2 aliphatic carbocycles. The van der Waals surface area contributed by atoms with Crippen LogP contribution in [0.1, 0.15) is 43.0 Å². The normalized spacial score (nSPS) is 20.6. The van der Waals surface area contributed by atoms with Gasteiger partial charge < -0.3 is 0 Å². The fourth-order valence-corrected chi connectivity index (χ4v) is 2.85. The number of ketones is 1. The summed E-state index contributed by atoms with van der Waals surface area (Å²) in [6.07, 6.45) is 5.17. The van der Waals surface area contributed by atoms with Gasteiger partial charge >= 0.3 is 0 Å². The van der Waals surface area contributed by atoms with E-state index in [4.69, 9.17) is 11.6 Å². The molecule has 2 nitrogen and oxygen atoms in total. The SMILES string of the molecule is CC(C(=O)c1cccc(Cl)c1)N(CC1CC1)C1CC1. The zero-order valence-corrected chi connectivity index (χ0v) is 12.1. The molecule has 3 rings (SSSR count). The van der Waals surface area contributed by atoms with Gasteiger partial charge in [-0.1, -0.05) is 23.7 Å². The van der Waals surface area contributed by atoms with Gasteiger partial charge in [0, 0.05) is 23.2 Å². The van der Waals surface area contributed by atoms with Crippen molar-refractivity contribution in [2.24, 2.45) is 5.92 Å². The van der Waals surface area contributed by atoms with Crippen molar-refractivity contribution in [2.45, 2.75) is 44.7 Å². The summed E-state index contributed by atoms with van der Waals surface area (Å²) >= 11 is 5.98. The number of halogens is 1. The number of Topliss-reactive ketones (excluding diaryl/α,β-unsaturated/α-hetero) is 1. The number of benzene rings is 1. The molecule has 0 amide bonds. The predicted octanol–water partition coefficient (Wildman–Crippen LogP) is 3.79. The minimum atomic E-state index is -0.0217. The van der Waals surface area contributed by atoms with E-state index in [9.17, 15) is 4.79 Å². The Morgan fingerprint density at radius 3 is 2.68 bits per heavy atom. The maximum absolute atomic E-state index is 12.6. The molecule has 0 N–H and O–H groups in total. The number of nitrogens with zero attached hydrogens (tertiary/aromatic N) is 1. The van der Waals surface area contributed by atoms with E-state index in [1.54, 1.807) is 6.07 Å². The van der Waals surface area contributed by atoms with Gasteiger partial charge in [-0.05, 0) is 50.7 Å². The van der Waals surface area contributed by atoms with Gasteiger partial charge in [-0.2, -0.15) is 0 Å². The first-order valence-corrected chi connectivity index (χ1v) is 7.58. The Bertz CT molecular complexity index is 479. The van der Waals surface area contributed by atoms with Crippen molar-refractivity contribution in [2.75, 3.05) is 6.54 Å². The molecule has 0 spiro atoms. The zero-order valence-electron chi connectivity index (χ0n) is 11.3. The second kappa shape index (κ2) is 5.26. The Morgan fingerprint density at radius 1 is 1.37 bits per heavy atom. The van der Waals surface area contributed by atoms with Gasteiger partial charge in [-0.3, -0.25) is 9.69 Å². The summed E-state index contributed by atoms with van der Waals surface area (Å²) in [5, 5.41) is 0.637. The van der Waals surface area contributed by atoms with Crippen LogP contribution in [0.5, 0.6) is 0 Å². The molecule has 1 unspecified atom stereocenters. The lowest BCUT2D eigenvalue weighted by Gasteiger charge is -2.28. The first kappa shape index (κ1) is 13.1. The average Bonchev–Trinajstić information content (AvgIpc) is 3.27. The quantitative estimate of drug-likeness (QED) is 0.738. The third-order valence-electron chi connectivity index (χ3n) is 4.17. The van der Waals surface area contributed by atoms with Crippen LogP contribution < -0.4 is 0 Å². The first-order valence-electron chi connectivity index (χ1n) is 7.20. The fourth-order valence-electron chi connectivity index (χ4n) is 2.66. The Kier molecular flexibility index (Phi) is 3.64. The molecule has 1 aromatic rings. The Morgan fingerprint density at radius 2 is 2.11 bits per heavy atom. The highest BCUT2D eigenvalue weighted by Crippen LogP contribution is 2.36. The topological polar surface area (TPSA) is 20.3 Å². The molecule has 102 valence electrons. The summed E-state index contributed by atoms with van der Waals surface area (Å²) < 4.78 is 0. The number of carbonyl (C=O) groups is 1. The lowest BCUT2D eigenvalue weighted by atomic mass is 10.0. The minimum Gasteiger partial charge on any atom is -0.292 e. The summed E-state index contributed by atoms with van der Waals surface area (Å²) in [6, 6.07) is 7.93. The Labute approximate surface area is 119 Å². The van der Waals surface area contributed by atoms with Crippen LogP contribution in [0.15, 0.2) is 24.3 Å². The van der Waals surface area contributed by atoms with Crippen LogP contribution >= 0.6 is 11.6 Å². The molecular weight excluding hydrogens is 258 g/mol. The molecule has 2 saturated carbocycles. The summed E-state index contributed by atoms with van der Waals surface area (Å²) in [4.78, 5) is 15.0. The average molecular weight is 278 g/mol. The number of hydrogen-bond acceptors (Lipinski definition) is 2. The van der Waals surface area contributed by atoms with Crippen molar-refractivity contribution < 1.29 is 4.79 Å². The Balaban J connectivity index is 1.73. The van der Waals surface area contributed by atoms with Gasteiger partial charge in [0.05, 0.1) is 6.04 Å². The predicted molar refractivity (Wildman–Crippen MR) is 77.7 cm³/mol. The van der Waals surface area contributed by atoms with Crippen LogP contribution in [0.2, 0.25) is 5.02 Å². The largest absolute Gasteiger partial charge is 0.292 e. The molecule has 19 heavy (non-hydrogen) atoms. The van der Waals surface area contributed by atoms with Crippen molar-refractivity contribution in [3.63, 3.8) is 0 Å². The third-order valence-corrected chi connectivity index (χ3v) is 4.40. The van der Waals surface area contributed by atoms with E-state index >= 15 is 0 Å². The number of rotatable bonds is 6. The molecule has 1 aromatic carbocycles. The van der Waals surface area contributed by atoms with Crippen molar-refractivity contribution >= 4 is 17.4 Å². The highest BCUT2D eigenvalue weighted by atomic mass is 35.5. The highest BCUT2D eigenvalue weighted by Gasteiger charge is 2.38. The van der Waals surface area contributed by atoms with E-state index in [2.05, 4.69) is 4.90 Å². The highest BCUT2D eigenvalue weighted by molar-refractivity contribution is 6.31. The van der Waals surface area contributed by atoms with Crippen LogP contribution in [0, 0.1) is 5.92 Å². The molecule has 1 atom stereocenters. The summed E-state index contributed by atoms with van der Waals surface area (Å²) in [5.74, 6) is 1.03. The first-order chi connectivity index (χ1) is 9.15. The van der Waals surface area contributed by atoms with E-state index in [1.165, 1.54) is 25.7 Å². The molecule has 3 heteroatoms. The van der Waals surface area contributed by atoms with Crippen molar-refractivity contribution in [1.29, 1.82) is 0 Å². The van der Waals surface area contributed by atoms with E-state index in [1.807, 2.05) is 25.1 Å². The summed E-state index contributed by atoms with van der Waals surface area (Å²) in [5.41, 5.74) is 0.737. The van der Waals surface area contributed by atoms with Crippen molar-refractivity contribution in [3.8, 4) is 0 Å². The van der Waals surface area contributed by atoms with Gasteiger partial charge in [0.2, 0.25) is 0 Å². The summed E-state index contributed by atoms with van der Waals surface area (Å²) in [7, 11) is 0. The third kappa shape index (κ3) is 3.18. The van der Waals surface area contributed by atoms with Gasteiger partial charge in [-0.15, -0.1) is 0 Å². The smallest absolute Gasteiger partial charge is 0.179 e. The molecule has 0 aliphatic heterocycles. The van der Waals surface area contributed by atoms with E-state index in [-0.39, 0.29) is 11.8 Å². The molecule has 0 bridgehead atoms. The zero-order chi connectivity index (χ0) is 13.4. The van der Waals surface area contributed by atoms with Crippen LogP contribution in [0.3, 0.4) is 0 Å². The second-order valence-corrected chi connectivity index (χ2v) is 6.36. The van der Waals surface area contributed by atoms with E-state index < -0.39 is 0 Å². The van der Waals surface area contributed by atoms with Crippen LogP contribution in [0.4, 0.5) is 0 Å². The van der Waals surface area contributed by atoms with Crippen molar-refractivity contribution in [1.82, 2.24) is 4.90 Å². The van der Waals surface area contributed by atoms with Gasteiger partial charge in [0.25, 0.3) is 0 Å². The monoisotopic (exact) mass is 277 g/mol. The Hall–Kier alpha value is -0.860. The molecule has 2 fully saturated rings. The van der Waals surface area contributed by atoms with Crippen LogP contribution in [-0.2, 0) is 0 Å². The number of carbonyl (C=O) groups excluding carboxylic acids is 1. The molecule has 0 saturated heterocycles. The maximum Gasteiger partial charge on any atom is 0.179 e. The van der Waals surface area contributed by atoms with Gasteiger partial charge in [0.1, 0.15) is 0 Å². The fraction of sp³-hybridized carbons (Fsp3) is 0.562. The van der Waals surface area contributed by atoms with Crippen LogP contribution in [-0.4, -0.2) is 29.3 Å². The molecular formula is C16H20ClNO. The lowest BCUT2D eigenvalue weighted by Crippen LogP contribution is -2.41. The van der Waals surface area contributed by atoms with Crippen molar-refractivity contribution in [3.05, 3.63) is 34.9 Å². The molecule has 0 aromatic heterocycles. The minimum absolute atomic E-state index is 0.0217. The summed E-state index contributed by atoms with van der Waals surface area (Å²) in [6.45, 7) is 3.14. The molecule has 0 heterocycles.